The van der Waals surface area contributed by atoms with E-state index in [1.165, 1.54) is 5.56 Å². The number of guanidine groups is 1. The zero-order valence-corrected chi connectivity index (χ0v) is 19.3. The second-order valence-corrected chi connectivity index (χ2v) is 6.98. The number of nitrogens with two attached hydrogens (primary N) is 1. The van der Waals surface area contributed by atoms with Gasteiger partial charge in [-0.25, -0.2) is 0 Å². The van der Waals surface area contributed by atoms with Crippen LogP contribution in [-0.4, -0.2) is 63.9 Å². The summed E-state index contributed by atoms with van der Waals surface area (Å²) in [5.41, 5.74) is 7.12. The number of halogens is 2. The number of nitrogens with zero attached hydrogens (tertiary/aromatic N) is 2. The fourth-order valence-electron chi connectivity index (χ4n) is 2.79. The first-order chi connectivity index (χ1) is 12.2. The average molecular weight is 541 g/mol. The van der Waals surface area contributed by atoms with E-state index in [-0.39, 0.29) is 24.0 Å². The molecule has 3 N–H and O–H groups in total. The molecule has 1 aromatic rings. The number of aliphatic imine (C=N–C) groups is 1. The number of ether oxygens (including phenoxy) is 2. The first-order valence-corrected chi connectivity index (χ1v) is 9.64. The molecule has 8 heteroatoms. The van der Waals surface area contributed by atoms with E-state index in [2.05, 4.69) is 37.2 Å². The normalized spacial score (nSPS) is 15.4. The first-order valence-electron chi connectivity index (χ1n) is 8.85. The summed E-state index contributed by atoms with van der Waals surface area (Å²) in [6, 6.07) is 6.11. The van der Waals surface area contributed by atoms with Crippen LogP contribution in [0.2, 0.25) is 0 Å². The van der Waals surface area contributed by atoms with Crippen molar-refractivity contribution in [3.63, 3.8) is 0 Å². The maximum atomic E-state index is 5.92. The topological polar surface area (TPSA) is 72.1 Å². The maximum Gasteiger partial charge on any atom is 0.188 e. The van der Waals surface area contributed by atoms with Crippen LogP contribution in [0.4, 0.5) is 0 Å². The van der Waals surface area contributed by atoms with E-state index < -0.39 is 0 Å². The Morgan fingerprint density at radius 2 is 2.12 bits per heavy atom. The van der Waals surface area contributed by atoms with E-state index in [9.17, 15) is 0 Å². The molecular weight excluding hydrogens is 511 g/mol. The third-order valence-electron chi connectivity index (χ3n) is 4.20. The highest BCUT2D eigenvalue weighted by Crippen LogP contribution is 2.24. The van der Waals surface area contributed by atoms with Crippen LogP contribution in [0.3, 0.4) is 0 Å². The summed E-state index contributed by atoms with van der Waals surface area (Å²) in [6.07, 6.45) is 2.92. The number of hydrogen-bond donors (Lipinski definition) is 2. The van der Waals surface area contributed by atoms with Gasteiger partial charge >= 0.3 is 0 Å². The molecule has 1 aromatic carbocycles. The van der Waals surface area contributed by atoms with Gasteiger partial charge in [0.05, 0.1) is 20.3 Å². The van der Waals surface area contributed by atoms with Crippen molar-refractivity contribution >= 4 is 45.9 Å². The van der Waals surface area contributed by atoms with Gasteiger partial charge in [0.1, 0.15) is 5.75 Å². The Hall–Kier alpha value is -0.580. The largest absolute Gasteiger partial charge is 0.496 e. The number of rotatable bonds is 9. The molecule has 1 heterocycles. The van der Waals surface area contributed by atoms with Gasteiger partial charge in [-0.2, -0.15) is 0 Å². The number of morpholine rings is 1. The second-order valence-electron chi connectivity index (χ2n) is 6.06. The molecule has 1 aliphatic heterocycles. The van der Waals surface area contributed by atoms with Gasteiger partial charge in [-0.1, -0.05) is 22.0 Å². The third-order valence-corrected chi connectivity index (χ3v) is 4.69. The predicted octanol–water partition coefficient (Wildman–Crippen LogP) is 2.63. The highest BCUT2D eigenvalue weighted by atomic mass is 127. The molecule has 0 aromatic heterocycles. The van der Waals surface area contributed by atoms with Crippen LogP contribution >= 0.6 is 39.9 Å². The first kappa shape index (κ1) is 23.5. The fraction of sp³-hybridized carbons (Fsp3) is 0.611. The number of benzene rings is 1. The van der Waals surface area contributed by atoms with Gasteiger partial charge < -0.3 is 20.5 Å². The quantitative estimate of drug-likeness (QED) is 0.218. The predicted molar refractivity (Wildman–Crippen MR) is 121 cm³/mol. The lowest BCUT2D eigenvalue weighted by atomic mass is 10.1. The molecule has 0 radical (unpaired) electrons. The smallest absolute Gasteiger partial charge is 0.188 e. The Kier molecular flexibility index (Phi) is 12.2. The van der Waals surface area contributed by atoms with Crippen LogP contribution in [0.5, 0.6) is 5.75 Å². The molecule has 1 aliphatic rings. The van der Waals surface area contributed by atoms with Gasteiger partial charge in [0.25, 0.3) is 0 Å². The Balaban J connectivity index is 0.00000338. The van der Waals surface area contributed by atoms with Gasteiger partial charge in [0, 0.05) is 30.7 Å². The van der Waals surface area contributed by atoms with Crippen molar-refractivity contribution in [3.8, 4) is 5.75 Å². The van der Waals surface area contributed by atoms with Crippen LogP contribution in [0.15, 0.2) is 27.7 Å². The molecule has 0 spiro atoms. The lowest BCUT2D eigenvalue weighted by molar-refractivity contribution is 0.0376. The summed E-state index contributed by atoms with van der Waals surface area (Å²) in [5, 5.41) is 3.19. The molecule has 26 heavy (non-hydrogen) atoms. The minimum atomic E-state index is 0. The van der Waals surface area contributed by atoms with E-state index in [0.29, 0.717) is 12.5 Å². The molecule has 6 nitrogen and oxygen atoms in total. The van der Waals surface area contributed by atoms with E-state index in [1.807, 2.05) is 12.1 Å². The number of nitrogens with one attached hydrogen (secondary N) is 1. The third kappa shape index (κ3) is 8.88. The van der Waals surface area contributed by atoms with E-state index in [1.54, 1.807) is 7.11 Å². The van der Waals surface area contributed by atoms with Crippen LogP contribution < -0.4 is 15.8 Å². The molecule has 2 rings (SSSR count). The van der Waals surface area contributed by atoms with Crippen molar-refractivity contribution in [3.05, 3.63) is 28.2 Å². The molecule has 0 atom stereocenters. The monoisotopic (exact) mass is 540 g/mol. The van der Waals surface area contributed by atoms with Crippen molar-refractivity contribution < 1.29 is 9.47 Å². The molecule has 0 unspecified atom stereocenters. The molecule has 0 saturated carbocycles. The molecule has 0 amide bonds. The lowest BCUT2D eigenvalue weighted by Crippen LogP contribution is -2.39. The molecule has 0 bridgehead atoms. The molecular formula is C18H30BrIN4O2. The molecule has 1 saturated heterocycles. The van der Waals surface area contributed by atoms with Crippen LogP contribution in [0.1, 0.15) is 18.4 Å². The van der Waals surface area contributed by atoms with Crippen LogP contribution in [0.25, 0.3) is 0 Å². The minimum absolute atomic E-state index is 0. The van der Waals surface area contributed by atoms with Crippen molar-refractivity contribution in [1.82, 2.24) is 10.2 Å². The standard InChI is InChI=1S/C18H29BrN4O2.HI/c1-24-17-14-16(19)6-5-15(17)4-2-7-21-18(20)22-8-3-9-23-10-12-25-13-11-23;/h5-6,14H,2-4,7-13H2,1H3,(H3,20,21,22);1H. The zero-order valence-electron chi connectivity index (χ0n) is 15.4. The summed E-state index contributed by atoms with van der Waals surface area (Å²) in [4.78, 5) is 6.82. The number of aryl methyl sites for hydroxylation is 1. The fourth-order valence-corrected chi connectivity index (χ4v) is 3.13. The summed E-state index contributed by atoms with van der Waals surface area (Å²) in [5.74, 6) is 1.44. The average Bonchev–Trinajstić information content (AvgIpc) is 2.64. The minimum Gasteiger partial charge on any atom is -0.496 e. The van der Waals surface area contributed by atoms with Crippen molar-refractivity contribution in [2.45, 2.75) is 19.3 Å². The summed E-state index contributed by atoms with van der Waals surface area (Å²) in [7, 11) is 1.70. The van der Waals surface area contributed by atoms with Crippen molar-refractivity contribution in [1.29, 1.82) is 0 Å². The van der Waals surface area contributed by atoms with Gasteiger partial charge in [0.15, 0.2) is 5.96 Å². The maximum absolute atomic E-state index is 5.92. The molecule has 1 fully saturated rings. The van der Waals surface area contributed by atoms with Crippen LogP contribution in [0, 0.1) is 0 Å². The van der Waals surface area contributed by atoms with E-state index >= 15 is 0 Å². The number of hydrogen-bond acceptors (Lipinski definition) is 4. The lowest BCUT2D eigenvalue weighted by Gasteiger charge is -2.26. The summed E-state index contributed by atoms with van der Waals surface area (Å²) < 4.78 is 11.8. The molecule has 148 valence electrons. The second kappa shape index (κ2) is 13.6. The van der Waals surface area contributed by atoms with E-state index in [4.69, 9.17) is 15.2 Å². The number of methoxy groups -OCH3 is 1. The Bertz CT molecular complexity index is 554. The van der Waals surface area contributed by atoms with Gasteiger partial charge in [-0.05, 0) is 43.5 Å². The van der Waals surface area contributed by atoms with Gasteiger partial charge in [-0.3, -0.25) is 9.89 Å². The zero-order chi connectivity index (χ0) is 17.9. The van der Waals surface area contributed by atoms with Crippen molar-refractivity contribution in [2.75, 3.05) is 53.0 Å². The highest BCUT2D eigenvalue weighted by molar-refractivity contribution is 14.0. The van der Waals surface area contributed by atoms with Crippen molar-refractivity contribution in [2.24, 2.45) is 10.7 Å². The SMILES string of the molecule is COc1cc(Br)ccc1CCCN=C(N)NCCCN1CCOCC1.I. The Morgan fingerprint density at radius 3 is 2.85 bits per heavy atom. The summed E-state index contributed by atoms with van der Waals surface area (Å²) >= 11 is 3.46. The van der Waals surface area contributed by atoms with Gasteiger partial charge in [-0.15, -0.1) is 24.0 Å². The summed E-state index contributed by atoms with van der Waals surface area (Å²) in [6.45, 7) is 6.40. The van der Waals surface area contributed by atoms with Crippen LogP contribution in [-0.2, 0) is 11.2 Å². The molecule has 0 aliphatic carbocycles. The Morgan fingerprint density at radius 1 is 1.35 bits per heavy atom. The Labute approximate surface area is 182 Å². The van der Waals surface area contributed by atoms with Gasteiger partial charge in [0.2, 0.25) is 0 Å². The van der Waals surface area contributed by atoms with E-state index in [0.717, 1.165) is 68.9 Å². The highest BCUT2D eigenvalue weighted by Gasteiger charge is 2.09.